The Labute approximate surface area is 125 Å². The Bertz CT molecular complexity index is 557. The molecule has 2 aromatic rings. The quantitative estimate of drug-likeness (QED) is 0.813. The lowest BCUT2D eigenvalue weighted by atomic mass is 9.99. The van der Waals surface area contributed by atoms with Gasteiger partial charge in [-0.25, -0.2) is 4.39 Å². The molecular weight excluding hydrogens is 325 g/mol. The Kier molecular flexibility index (Phi) is 5.02. The molecule has 0 amide bonds. The molecule has 2 aromatic carbocycles. The molecule has 0 aliphatic rings. The lowest BCUT2D eigenvalue weighted by molar-refractivity contribution is 0.593. The molecule has 0 aliphatic carbocycles. The van der Waals surface area contributed by atoms with Crippen LogP contribution in [0.4, 0.5) is 4.39 Å². The van der Waals surface area contributed by atoms with E-state index in [1.807, 2.05) is 24.3 Å². The molecule has 1 atom stereocenters. The fourth-order valence-corrected chi connectivity index (χ4v) is 2.92. The number of rotatable bonds is 4. The molecule has 1 nitrogen and oxygen atoms in total. The Morgan fingerprint density at radius 1 is 1.21 bits per heavy atom. The first kappa shape index (κ1) is 14.6. The van der Waals surface area contributed by atoms with E-state index in [-0.39, 0.29) is 5.82 Å². The minimum absolute atomic E-state index is 0.290. The number of benzene rings is 2. The second-order valence-corrected chi connectivity index (χ2v) is 6.31. The molecule has 0 aliphatic heterocycles. The van der Waals surface area contributed by atoms with Gasteiger partial charge < -0.3 is 5.73 Å². The van der Waals surface area contributed by atoms with Gasteiger partial charge in [0.25, 0.3) is 0 Å². The van der Waals surface area contributed by atoms with E-state index >= 15 is 0 Å². The van der Waals surface area contributed by atoms with Gasteiger partial charge in [0.1, 0.15) is 5.82 Å². The summed E-state index contributed by atoms with van der Waals surface area (Å²) < 4.78 is 14.4. The maximum atomic E-state index is 14.0. The van der Waals surface area contributed by atoms with Gasteiger partial charge in [-0.3, -0.25) is 0 Å². The molecular formula is C15H15BrFNS. The first-order valence-corrected chi connectivity index (χ1v) is 7.83. The molecule has 0 bridgehead atoms. The van der Waals surface area contributed by atoms with Crippen LogP contribution in [0.3, 0.4) is 0 Å². The zero-order valence-corrected chi connectivity index (χ0v) is 13.0. The van der Waals surface area contributed by atoms with Gasteiger partial charge in [0, 0.05) is 10.5 Å². The first-order valence-electron chi connectivity index (χ1n) is 6.05. The van der Waals surface area contributed by atoms with E-state index in [0.717, 1.165) is 11.3 Å². The second-order valence-electron chi connectivity index (χ2n) is 4.12. The standard InChI is InChI=1S/C15H15BrFNS/c1-2-19-11-8-6-10(7-9-11)15(18)12-4-3-5-13(16)14(12)17/h3-9,15H,2,18H2,1H3. The number of hydrogen-bond donors (Lipinski definition) is 1. The highest BCUT2D eigenvalue weighted by Gasteiger charge is 2.15. The smallest absolute Gasteiger partial charge is 0.142 e. The van der Waals surface area contributed by atoms with Gasteiger partial charge in [-0.15, -0.1) is 11.8 Å². The van der Waals surface area contributed by atoms with Crippen molar-refractivity contribution in [3.63, 3.8) is 0 Å². The number of halogens is 2. The van der Waals surface area contributed by atoms with Crippen LogP contribution in [0.2, 0.25) is 0 Å². The van der Waals surface area contributed by atoms with Crippen molar-refractivity contribution in [1.29, 1.82) is 0 Å². The summed E-state index contributed by atoms with van der Waals surface area (Å²) in [6.45, 7) is 2.11. The molecule has 1 unspecified atom stereocenters. The summed E-state index contributed by atoms with van der Waals surface area (Å²) in [5.41, 5.74) is 7.56. The number of hydrogen-bond acceptors (Lipinski definition) is 2. The third-order valence-corrected chi connectivity index (χ3v) is 4.37. The van der Waals surface area contributed by atoms with Crippen LogP contribution in [0.5, 0.6) is 0 Å². The minimum atomic E-state index is -0.446. The fraction of sp³-hybridized carbons (Fsp3) is 0.200. The Morgan fingerprint density at radius 2 is 1.89 bits per heavy atom. The molecule has 0 saturated carbocycles. The van der Waals surface area contributed by atoms with Crippen molar-refractivity contribution >= 4 is 27.7 Å². The maximum absolute atomic E-state index is 14.0. The van der Waals surface area contributed by atoms with Crippen LogP contribution in [0.1, 0.15) is 24.1 Å². The fourth-order valence-electron chi connectivity index (χ4n) is 1.88. The lowest BCUT2D eigenvalue weighted by Gasteiger charge is -2.14. The normalized spacial score (nSPS) is 12.4. The van der Waals surface area contributed by atoms with Gasteiger partial charge in [0.2, 0.25) is 0 Å². The molecule has 4 heteroatoms. The maximum Gasteiger partial charge on any atom is 0.142 e. The largest absolute Gasteiger partial charge is 0.320 e. The van der Waals surface area contributed by atoms with Crippen LogP contribution >= 0.6 is 27.7 Å². The Hall–Kier alpha value is -0.840. The van der Waals surface area contributed by atoms with Crippen molar-refractivity contribution in [3.05, 3.63) is 63.9 Å². The van der Waals surface area contributed by atoms with Crippen molar-refractivity contribution in [2.24, 2.45) is 5.73 Å². The molecule has 19 heavy (non-hydrogen) atoms. The van der Waals surface area contributed by atoms with E-state index < -0.39 is 6.04 Å². The van der Waals surface area contributed by atoms with Crippen molar-refractivity contribution in [1.82, 2.24) is 0 Å². The van der Waals surface area contributed by atoms with Crippen molar-refractivity contribution in [3.8, 4) is 0 Å². The molecule has 0 fully saturated rings. The summed E-state index contributed by atoms with van der Waals surface area (Å²) >= 11 is 4.96. The zero-order valence-electron chi connectivity index (χ0n) is 10.6. The van der Waals surface area contributed by atoms with E-state index in [2.05, 4.69) is 22.9 Å². The van der Waals surface area contributed by atoms with Gasteiger partial charge >= 0.3 is 0 Å². The molecule has 0 spiro atoms. The molecule has 0 heterocycles. The average molecular weight is 340 g/mol. The molecule has 0 radical (unpaired) electrons. The third-order valence-electron chi connectivity index (χ3n) is 2.87. The van der Waals surface area contributed by atoms with Gasteiger partial charge in [-0.1, -0.05) is 31.2 Å². The number of thioether (sulfide) groups is 1. The van der Waals surface area contributed by atoms with Gasteiger partial charge in [-0.2, -0.15) is 0 Å². The molecule has 0 aromatic heterocycles. The average Bonchev–Trinajstić information content (AvgIpc) is 2.42. The predicted octanol–water partition coefficient (Wildman–Crippen LogP) is 4.75. The van der Waals surface area contributed by atoms with E-state index in [1.54, 1.807) is 30.0 Å². The summed E-state index contributed by atoms with van der Waals surface area (Å²) in [6.07, 6.45) is 0. The SMILES string of the molecule is CCSc1ccc(C(N)c2cccc(Br)c2F)cc1. The highest BCUT2D eigenvalue weighted by molar-refractivity contribution is 9.10. The Morgan fingerprint density at radius 3 is 2.53 bits per heavy atom. The topological polar surface area (TPSA) is 26.0 Å². The van der Waals surface area contributed by atoms with Gasteiger partial charge in [-0.05, 0) is 45.4 Å². The highest BCUT2D eigenvalue weighted by atomic mass is 79.9. The minimum Gasteiger partial charge on any atom is -0.320 e. The molecule has 100 valence electrons. The second kappa shape index (κ2) is 6.55. The number of nitrogens with two attached hydrogens (primary N) is 1. The van der Waals surface area contributed by atoms with E-state index in [4.69, 9.17) is 5.73 Å². The van der Waals surface area contributed by atoms with E-state index in [9.17, 15) is 4.39 Å². The van der Waals surface area contributed by atoms with Crippen molar-refractivity contribution in [2.75, 3.05) is 5.75 Å². The van der Waals surface area contributed by atoms with Crippen LogP contribution < -0.4 is 5.73 Å². The van der Waals surface area contributed by atoms with E-state index in [0.29, 0.717) is 10.0 Å². The van der Waals surface area contributed by atoms with Crippen molar-refractivity contribution < 1.29 is 4.39 Å². The first-order chi connectivity index (χ1) is 9.13. The highest BCUT2D eigenvalue weighted by Crippen LogP contribution is 2.28. The molecule has 0 saturated heterocycles. The summed E-state index contributed by atoms with van der Waals surface area (Å²) in [6, 6.07) is 12.7. The van der Waals surface area contributed by atoms with Crippen LogP contribution in [0, 0.1) is 5.82 Å². The summed E-state index contributed by atoms with van der Waals surface area (Å²) in [5, 5.41) is 0. The summed E-state index contributed by atoms with van der Waals surface area (Å²) in [5.74, 6) is 0.744. The van der Waals surface area contributed by atoms with Gasteiger partial charge in [0.15, 0.2) is 0 Å². The van der Waals surface area contributed by atoms with E-state index in [1.165, 1.54) is 4.90 Å². The van der Waals surface area contributed by atoms with Crippen molar-refractivity contribution in [2.45, 2.75) is 17.9 Å². The Balaban J connectivity index is 2.28. The van der Waals surface area contributed by atoms with Crippen LogP contribution in [0.15, 0.2) is 51.8 Å². The van der Waals surface area contributed by atoms with Crippen LogP contribution in [-0.4, -0.2) is 5.75 Å². The lowest BCUT2D eigenvalue weighted by Crippen LogP contribution is -2.13. The van der Waals surface area contributed by atoms with Gasteiger partial charge in [0.05, 0.1) is 10.5 Å². The summed E-state index contributed by atoms with van der Waals surface area (Å²) in [7, 11) is 0. The predicted molar refractivity (Wildman–Crippen MR) is 83.0 cm³/mol. The third kappa shape index (κ3) is 3.38. The van der Waals surface area contributed by atoms with Crippen LogP contribution in [-0.2, 0) is 0 Å². The zero-order chi connectivity index (χ0) is 13.8. The summed E-state index contributed by atoms with van der Waals surface area (Å²) in [4.78, 5) is 1.20. The monoisotopic (exact) mass is 339 g/mol. The molecule has 2 N–H and O–H groups in total. The van der Waals surface area contributed by atoms with Crippen LogP contribution in [0.25, 0.3) is 0 Å². The molecule has 2 rings (SSSR count).